The van der Waals surface area contributed by atoms with Gasteiger partial charge in [-0.2, -0.15) is 0 Å². The minimum Gasteiger partial charge on any atom is -0.393 e. The minimum atomic E-state index is -0.0471. The number of nitrogens with zero attached hydrogens (tertiary/aromatic N) is 1. The molecule has 2 atom stereocenters. The van der Waals surface area contributed by atoms with Gasteiger partial charge < -0.3 is 15.3 Å². The van der Waals surface area contributed by atoms with E-state index in [1.54, 1.807) is 0 Å². The molecule has 2 aliphatic rings. The second-order valence-corrected chi connectivity index (χ2v) is 8.24. The van der Waals surface area contributed by atoms with Crippen molar-refractivity contribution in [3.05, 3.63) is 0 Å². The lowest BCUT2D eigenvalue weighted by Gasteiger charge is -2.41. The smallest absolute Gasteiger partial charge is 0.0564 e. The maximum atomic E-state index is 9.54. The van der Waals surface area contributed by atoms with Gasteiger partial charge in [-0.25, -0.2) is 0 Å². The van der Waals surface area contributed by atoms with Gasteiger partial charge in [-0.05, 0) is 56.5 Å². The number of hydrogen-bond donors (Lipinski definition) is 2. The Bertz CT molecular complexity index is 292. The number of rotatable bonds is 5. The summed E-state index contributed by atoms with van der Waals surface area (Å²) in [5.74, 6) is 0.830. The molecule has 2 rings (SSSR count). The highest BCUT2D eigenvalue weighted by molar-refractivity contribution is 4.88. The molecule has 0 radical (unpaired) electrons. The van der Waals surface area contributed by atoms with Gasteiger partial charge >= 0.3 is 0 Å². The van der Waals surface area contributed by atoms with E-state index in [2.05, 4.69) is 31.0 Å². The van der Waals surface area contributed by atoms with Gasteiger partial charge in [0.1, 0.15) is 0 Å². The fourth-order valence-electron chi connectivity index (χ4n) is 4.14. The van der Waals surface area contributed by atoms with E-state index in [4.69, 9.17) is 0 Å². The van der Waals surface area contributed by atoms with Crippen molar-refractivity contribution in [1.29, 1.82) is 0 Å². The summed E-state index contributed by atoms with van der Waals surface area (Å²) >= 11 is 0. The third-order valence-electron chi connectivity index (χ3n) is 5.49. The number of aliphatic hydroxyl groups is 1. The Morgan fingerprint density at radius 2 is 1.71 bits per heavy atom. The zero-order valence-electron chi connectivity index (χ0n) is 14.4. The first-order valence-corrected chi connectivity index (χ1v) is 9.10. The summed E-state index contributed by atoms with van der Waals surface area (Å²) in [5, 5.41) is 13.4. The van der Waals surface area contributed by atoms with Crippen LogP contribution in [0.4, 0.5) is 0 Å². The lowest BCUT2D eigenvalue weighted by molar-refractivity contribution is 0.0812. The topological polar surface area (TPSA) is 35.5 Å². The van der Waals surface area contributed by atoms with Crippen LogP contribution >= 0.6 is 0 Å². The molecule has 1 heterocycles. The highest BCUT2D eigenvalue weighted by atomic mass is 16.3. The molecule has 0 aromatic carbocycles. The monoisotopic (exact) mass is 296 g/mol. The Morgan fingerprint density at radius 1 is 1.05 bits per heavy atom. The Kier molecular flexibility index (Phi) is 6.51. The lowest BCUT2D eigenvalue weighted by Crippen LogP contribution is -2.45. The maximum Gasteiger partial charge on any atom is 0.0564 e. The zero-order valence-corrected chi connectivity index (χ0v) is 14.4. The van der Waals surface area contributed by atoms with Gasteiger partial charge in [0.15, 0.2) is 0 Å². The Balaban J connectivity index is 1.65. The predicted octanol–water partition coefficient (Wildman–Crippen LogP) is 3.03. The molecule has 2 fully saturated rings. The van der Waals surface area contributed by atoms with Crippen LogP contribution in [0.15, 0.2) is 0 Å². The van der Waals surface area contributed by atoms with Gasteiger partial charge in [-0.15, -0.1) is 0 Å². The second kappa shape index (κ2) is 7.94. The van der Waals surface area contributed by atoms with Crippen molar-refractivity contribution in [2.45, 2.75) is 77.9 Å². The van der Waals surface area contributed by atoms with Crippen LogP contribution in [0, 0.1) is 11.3 Å². The molecule has 2 unspecified atom stereocenters. The number of hydrogen-bond acceptors (Lipinski definition) is 3. The fourth-order valence-corrected chi connectivity index (χ4v) is 4.14. The van der Waals surface area contributed by atoms with E-state index in [0.29, 0.717) is 5.41 Å². The van der Waals surface area contributed by atoms with Crippen LogP contribution in [0.2, 0.25) is 0 Å². The normalized spacial score (nSPS) is 29.7. The summed E-state index contributed by atoms with van der Waals surface area (Å²) in [5.41, 5.74) is 0.432. The molecule has 3 nitrogen and oxygen atoms in total. The Morgan fingerprint density at radius 3 is 2.38 bits per heavy atom. The molecule has 0 aromatic rings. The summed E-state index contributed by atoms with van der Waals surface area (Å²) in [6.07, 6.45) is 8.68. The van der Waals surface area contributed by atoms with E-state index in [1.807, 2.05) is 0 Å². The van der Waals surface area contributed by atoms with E-state index < -0.39 is 0 Å². The molecule has 2 N–H and O–H groups in total. The summed E-state index contributed by atoms with van der Waals surface area (Å²) in [4.78, 5) is 2.51. The SMILES string of the molecule is CC(C)(C)C1CCCCC1NCCCN1CCC(O)CC1. The predicted molar refractivity (Wildman–Crippen MR) is 89.5 cm³/mol. The second-order valence-electron chi connectivity index (χ2n) is 8.24. The molecule has 1 aliphatic heterocycles. The van der Waals surface area contributed by atoms with Gasteiger partial charge in [0.25, 0.3) is 0 Å². The van der Waals surface area contributed by atoms with Crippen LogP contribution in [0.5, 0.6) is 0 Å². The molecule has 3 heteroatoms. The van der Waals surface area contributed by atoms with Crippen LogP contribution in [0.25, 0.3) is 0 Å². The van der Waals surface area contributed by atoms with Crippen molar-refractivity contribution >= 4 is 0 Å². The van der Waals surface area contributed by atoms with Gasteiger partial charge in [0.05, 0.1) is 6.10 Å². The van der Waals surface area contributed by atoms with Crippen LogP contribution in [-0.2, 0) is 0 Å². The van der Waals surface area contributed by atoms with Crippen molar-refractivity contribution < 1.29 is 5.11 Å². The summed E-state index contributed by atoms with van der Waals surface area (Å²) in [6.45, 7) is 11.7. The molecule has 1 saturated heterocycles. The van der Waals surface area contributed by atoms with Crippen LogP contribution < -0.4 is 5.32 Å². The van der Waals surface area contributed by atoms with E-state index >= 15 is 0 Å². The average Bonchev–Trinajstić information content (AvgIpc) is 2.45. The third kappa shape index (κ3) is 5.54. The molecule has 0 aromatic heterocycles. The molecule has 0 bridgehead atoms. The van der Waals surface area contributed by atoms with Crippen molar-refractivity contribution in [3.8, 4) is 0 Å². The minimum absolute atomic E-state index is 0.0471. The van der Waals surface area contributed by atoms with Crippen molar-refractivity contribution in [2.75, 3.05) is 26.2 Å². The van der Waals surface area contributed by atoms with E-state index in [0.717, 1.165) is 44.4 Å². The molecular formula is C18H36N2O. The van der Waals surface area contributed by atoms with Crippen LogP contribution in [0.1, 0.15) is 65.7 Å². The lowest BCUT2D eigenvalue weighted by atomic mass is 9.69. The molecule has 0 amide bonds. The highest BCUT2D eigenvalue weighted by Gasteiger charge is 2.33. The van der Waals surface area contributed by atoms with E-state index in [-0.39, 0.29) is 6.10 Å². The van der Waals surface area contributed by atoms with Gasteiger partial charge in [-0.3, -0.25) is 0 Å². The van der Waals surface area contributed by atoms with Gasteiger partial charge in [-0.1, -0.05) is 33.6 Å². The van der Waals surface area contributed by atoms with Crippen molar-refractivity contribution in [2.24, 2.45) is 11.3 Å². The van der Waals surface area contributed by atoms with Crippen LogP contribution in [0.3, 0.4) is 0 Å². The highest BCUT2D eigenvalue weighted by Crippen LogP contribution is 2.37. The largest absolute Gasteiger partial charge is 0.393 e. The number of piperidine rings is 1. The molecule has 0 spiro atoms. The summed E-state index contributed by atoms with van der Waals surface area (Å²) in [6, 6.07) is 0.724. The summed E-state index contributed by atoms with van der Waals surface area (Å²) < 4.78 is 0. The number of nitrogens with one attached hydrogen (secondary N) is 1. The van der Waals surface area contributed by atoms with Crippen LogP contribution in [-0.4, -0.2) is 48.3 Å². The molecule has 21 heavy (non-hydrogen) atoms. The molecular weight excluding hydrogens is 260 g/mol. The zero-order chi connectivity index (χ0) is 15.3. The first-order chi connectivity index (χ1) is 9.97. The molecule has 1 aliphatic carbocycles. The fraction of sp³-hybridized carbons (Fsp3) is 1.00. The first kappa shape index (κ1) is 17.2. The molecule has 124 valence electrons. The number of likely N-dealkylation sites (tertiary alicyclic amines) is 1. The number of aliphatic hydroxyl groups excluding tert-OH is 1. The third-order valence-corrected chi connectivity index (χ3v) is 5.49. The maximum absolute atomic E-state index is 9.54. The van der Waals surface area contributed by atoms with Crippen molar-refractivity contribution in [1.82, 2.24) is 10.2 Å². The van der Waals surface area contributed by atoms with Gasteiger partial charge in [0, 0.05) is 19.1 Å². The van der Waals surface area contributed by atoms with E-state index in [1.165, 1.54) is 38.6 Å². The van der Waals surface area contributed by atoms with E-state index in [9.17, 15) is 5.11 Å². The molecule has 1 saturated carbocycles. The Labute approximate surface area is 131 Å². The summed E-state index contributed by atoms with van der Waals surface area (Å²) in [7, 11) is 0. The quantitative estimate of drug-likeness (QED) is 0.766. The first-order valence-electron chi connectivity index (χ1n) is 9.10. The average molecular weight is 296 g/mol. The standard InChI is InChI=1S/C18H36N2O/c1-18(2,3)16-7-4-5-8-17(16)19-11-6-12-20-13-9-15(21)10-14-20/h15-17,19,21H,4-14H2,1-3H3. The Hall–Kier alpha value is -0.120. The van der Waals surface area contributed by atoms with Gasteiger partial charge in [0.2, 0.25) is 0 Å². The van der Waals surface area contributed by atoms with Crippen molar-refractivity contribution in [3.63, 3.8) is 0 Å².